The van der Waals surface area contributed by atoms with Gasteiger partial charge in [0.05, 0.1) is 12.7 Å². The highest BCUT2D eigenvalue weighted by atomic mass is 35.5. The van der Waals surface area contributed by atoms with Crippen molar-refractivity contribution >= 4 is 11.6 Å². The molecule has 4 heteroatoms. The van der Waals surface area contributed by atoms with Crippen LogP contribution in [0.4, 0.5) is 0 Å². The van der Waals surface area contributed by atoms with Crippen molar-refractivity contribution in [1.82, 2.24) is 10.2 Å². The fraction of sp³-hybridized carbons (Fsp3) is 0.625. The van der Waals surface area contributed by atoms with Crippen LogP contribution >= 0.6 is 11.6 Å². The molecule has 1 fully saturated rings. The molecule has 3 nitrogen and oxygen atoms in total. The summed E-state index contributed by atoms with van der Waals surface area (Å²) in [5.74, 6) is 0. The van der Waals surface area contributed by atoms with E-state index in [9.17, 15) is 0 Å². The maximum atomic E-state index is 6.33. The lowest BCUT2D eigenvalue weighted by atomic mass is 10.0. The Bertz CT molecular complexity index is 413. The Kier molecular flexibility index (Phi) is 6.30. The third kappa shape index (κ3) is 4.45. The first-order valence-corrected chi connectivity index (χ1v) is 7.90. The van der Waals surface area contributed by atoms with E-state index in [0.717, 1.165) is 44.2 Å². The van der Waals surface area contributed by atoms with Gasteiger partial charge in [-0.05, 0) is 31.5 Å². The maximum absolute atomic E-state index is 6.33. The zero-order chi connectivity index (χ0) is 14.4. The molecular weight excluding hydrogens is 272 g/mol. The van der Waals surface area contributed by atoms with Gasteiger partial charge in [0.15, 0.2) is 0 Å². The van der Waals surface area contributed by atoms with Crippen molar-refractivity contribution in [1.29, 1.82) is 0 Å². The van der Waals surface area contributed by atoms with E-state index in [1.165, 1.54) is 5.56 Å². The van der Waals surface area contributed by atoms with Gasteiger partial charge in [-0.3, -0.25) is 4.90 Å². The fourth-order valence-corrected chi connectivity index (χ4v) is 3.04. The molecule has 0 amide bonds. The quantitative estimate of drug-likeness (QED) is 0.873. The number of benzene rings is 1. The molecule has 0 radical (unpaired) electrons. The van der Waals surface area contributed by atoms with E-state index in [1.807, 2.05) is 12.1 Å². The van der Waals surface area contributed by atoms with Gasteiger partial charge in [-0.2, -0.15) is 0 Å². The molecule has 112 valence electrons. The smallest absolute Gasteiger partial charge is 0.0674 e. The molecule has 0 saturated carbocycles. The van der Waals surface area contributed by atoms with Crippen LogP contribution in [0, 0.1) is 0 Å². The zero-order valence-corrected chi connectivity index (χ0v) is 13.2. The Morgan fingerprint density at radius 2 is 2.25 bits per heavy atom. The molecule has 20 heavy (non-hydrogen) atoms. The number of nitrogens with one attached hydrogen (secondary N) is 1. The predicted molar refractivity (Wildman–Crippen MR) is 84.3 cm³/mol. The van der Waals surface area contributed by atoms with Crippen LogP contribution in [-0.4, -0.2) is 43.8 Å². The second-order valence-electron chi connectivity index (χ2n) is 5.40. The fourth-order valence-electron chi connectivity index (χ4n) is 2.78. The lowest BCUT2D eigenvalue weighted by Gasteiger charge is -2.32. The standard InChI is InChI=1S/C16H25ClN2O/c1-3-18-16(14-6-4-5-7-15(14)17)8-9-19-10-11-20-13(2)12-19/h4-7,13,16,18H,3,8-12H2,1-2H3. The highest BCUT2D eigenvalue weighted by Gasteiger charge is 2.19. The number of hydrogen-bond donors (Lipinski definition) is 1. The Morgan fingerprint density at radius 1 is 1.45 bits per heavy atom. The van der Waals surface area contributed by atoms with E-state index >= 15 is 0 Å². The summed E-state index contributed by atoms with van der Waals surface area (Å²) in [5.41, 5.74) is 1.21. The Morgan fingerprint density at radius 3 is 2.95 bits per heavy atom. The molecule has 1 aliphatic heterocycles. The summed E-state index contributed by atoms with van der Waals surface area (Å²) in [6, 6.07) is 8.46. The monoisotopic (exact) mass is 296 g/mol. The van der Waals surface area contributed by atoms with Gasteiger partial charge < -0.3 is 10.1 Å². The largest absolute Gasteiger partial charge is 0.376 e. The van der Waals surface area contributed by atoms with E-state index in [1.54, 1.807) is 0 Å². The summed E-state index contributed by atoms with van der Waals surface area (Å²) in [7, 11) is 0. The van der Waals surface area contributed by atoms with E-state index in [4.69, 9.17) is 16.3 Å². The summed E-state index contributed by atoms with van der Waals surface area (Å²) in [6.07, 6.45) is 1.42. The van der Waals surface area contributed by atoms with Crippen molar-refractivity contribution in [2.75, 3.05) is 32.8 Å². The summed E-state index contributed by atoms with van der Waals surface area (Å²) < 4.78 is 5.59. The van der Waals surface area contributed by atoms with Crippen LogP contribution in [0.2, 0.25) is 5.02 Å². The van der Waals surface area contributed by atoms with Gasteiger partial charge in [0.2, 0.25) is 0 Å². The zero-order valence-electron chi connectivity index (χ0n) is 12.4. The van der Waals surface area contributed by atoms with Gasteiger partial charge in [-0.25, -0.2) is 0 Å². The Labute approximate surface area is 127 Å². The van der Waals surface area contributed by atoms with E-state index in [0.29, 0.717) is 12.1 Å². The molecule has 2 atom stereocenters. The van der Waals surface area contributed by atoms with E-state index in [-0.39, 0.29) is 0 Å². The maximum Gasteiger partial charge on any atom is 0.0674 e. The molecule has 0 aliphatic carbocycles. The number of hydrogen-bond acceptors (Lipinski definition) is 3. The lowest BCUT2D eigenvalue weighted by Crippen LogP contribution is -2.42. The van der Waals surface area contributed by atoms with Crippen molar-refractivity contribution in [3.05, 3.63) is 34.9 Å². The van der Waals surface area contributed by atoms with Gasteiger partial charge in [-0.1, -0.05) is 36.7 Å². The van der Waals surface area contributed by atoms with Crippen LogP contribution in [0.5, 0.6) is 0 Å². The van der Waals surface area contributed by atoms with Gasteiger partial charge in [0.25, 0.3) is 0 Å². The molecule has 1 aromatic carbocycles. The van der Waals surface area contributed by atoms with Crippen molar-refractivity contribution in [3.8, 4) is 0 Å². The van der Waals surface area contributed by atoms with Crippen LogP contribution in [0.3, 0.4) is 0 Å². The van der Waals surface area contributed by atoms with Crippen LogP contribution < -0.4 is 5.32 Å². The van der Waals surface area contributed by atoms with E-state index < -0.39 is 0 Å². The van der Waals surface area contributed by atoms with Crippen molar-refractivity contribution in [2.24, 2.45) is 0 Å². The third-order valence-corrected chi connectivity index (χ3v) is 4.13. The Balaban J connectivity index is 1.94. The summed E-state index contributed by atoms with van der Waals surface area (Å²) in [4.78, 5) is 2.48. The van der Waals surface area contributed by atoms with Gasteiger partial charge in [0.1, 0.15) is 0 Å². The molecule has 1 saturated heterocycles. The summed E-state index contributed by atoms with van der Waals surface area (Å²) in [5, 5.41) is 4.40. The molecule has 1 N–H and O–H groups in total. The first-order valence-electron chi connectivity index (χ1n) is 7.52. The topological polar surface area (TPSA) is 24.5 Å². The molecule has 2 rings (SSSR count). The first-order chi connectivity index (χ1) is 9.70. The van der Waals surface area contributed by atoms with Gasteiger partial charge in [0, 0.05) is 30.7 Å². The second-order valence-corrected chi connectivity index (χ2v) is 5.81. The number of nitrogens with zero attached hydrogens (tertiary/aromatic N) is 1. The predicted octanol–water partition coefficient (Wildman–Crippen LogP) is 3.10. The average molecular weight is 297 g/mol. The minimum atomic E-state index is 0.326. The molecule has 2 unspecified atom stereocenters. The second kappa shape index (κ2) is 7.99. The van der Waals surface area contributed by atoms with E-state index in [2.05, 4.69) is 36.2 Å². The molecular formula is C16H25ClN2O. The molecule has 0 aromatic heterocycles. The highest BCUT2D eigenvalue weighted by Crippen LogP contribution is 2.25. The number of ether oxygens (including phenoxy) is 1. The van der Waals surface area contributed by atoms with Crippen molar-refractivity contribution in [3.63, 3.8) is 0 Å². The summed E-state index contributed by atoms with van der Waals surface area (Å²) in [6.45, 7) is 9.22. The van der Waals surface area contributed by atoms with Crippen LogP contribution in [-0.2, 0) is 4.74 Å². The minimum absolute atomic E-state index is 0.326. The van der Waals surface area contributed by atoms with Crippen LogP contribution in [0.15, 0.2) is 24.3 Å². The summed E-state index contributed by atoms with van der Waals surface area (Å²) >= 11 is 6.33. The highest BCUT2D eigenvalue weighted by molar-refractivity contribution is 6.31. The first kappa shape index (κ1) is 15.8. The molecule has 0 bridgehead atoms. The Hall–Kier alpha value is -0.610. The van der Waals surface area contributed by atoms with Crippen molar-refractivity contribution in [2.45, 2.75) is 32.4 Å². The third-order valence-electron chi connectivity index (χ3n) is 3.79. The molecule has 1 aliphatic rings. The van der Waals surface area contributed by atoms with Crippen LogP contribution in [0.1, 0.15) is 31.9 Å². The number of rotatable bonds is 6. The van der Waals surface area contributed by atoms with Crippen molar-refractivity contribution < 1.29 is 4.74 Å². The molecule has 0 spiro atoms. The molecule has 1 aromatic rings. The normalized spacial score (nSPS) is 21.9. The van der Waals surface area contributed by atoms with Gasteiger partial charge in [-0.15, -0.1) is 0 Å². The number of morpholine rings is 1. The molecule has 1 heterocycles. The SMILES string of the molecule is CCNC(CCN1CCOC(C)C1)c1ccccc1Cl. The minimum Gasteiger partial charge on any atom is -0.376 e. The van der Waals surface area contributed by atoms with Crippen LogP contribution in [0.25, 0.3) is 0 Å². The average Bonchev–Trinajstić information content (AvgIpc) is 2.44. The number of halogens is 1. The van der Waals surface area contributed by atoms with Gasteiger partial charge >= 0.3 is 0 Å². The lowest BCUT2D eigenvalue weighted by molar-refractivity contribution is -0.0192.